The fraction of sp³-hybridized carbons (Fsp3) is 0.733. The molecule has 1 unspecified atom stereocenters. The predicted molar refractivity (Wildman–Crippen MR) is 76.1 cm³/mol. The van der Waals surface area contributed by atoms with Crippen LogP contribution in [0.5, 0.6) is 5.88 Å². The highest BCUT2D eigenvalue weighted by atomic mass is 16.5. The molecule has 0 bridgehead atoms. The summed E-state index contributed by atoms with van der Waals surface area (Å²) in [7, 11) is 3.66. The molecule has 1 N–H and O–H groups in total. The lowest BCUT2D eigenvalue weighted by molar-refractivity contribution is 0.221. The van der Waals surface area contributed by atoms with Gasteiger partial charge in [0, 0.05) is 6.07 Å². The monoisotopic (exact) mass is 263 g/mol. The van der Waals surface area contributed by atoms with Crippen molar-refractivity contribution < 1.29 is 4.74 Å². The molecule has 0 saturated heterocycles. The van der Waals surface area contributed by atoms with E-state index in [0.29, 0.717) is 17.8 Å². The van der Waals surface area contributed by atoms with E-state index in [0.717, 1.165) is 11.6 Å². The Morgan fingerprint density at radius 1 is 1.32 bits per heavy atom. The SMILES string of the molecule is CCC1CCC(C(NC)c2cc(OC)ncn2)CC1. The molecule has 4 heteroatoms. The summed E-state index contributed by atoms with van der Waals surface area (Å²) in [5, 5.41) is 3.43. The summed E-state index contributed by atoms with van der Waals surface area (Å²) in [6.07, 6.45) is 8.18. The molecule has 1 aromatic rings. The Morgan fingerprint density at radius 2 is 2.05 bits per heavy atom. The number of methoxy groups -OCH3 is 1. The number of rotatable bonds is 5. The maximum absolute atomic E-state index is 5.19. The molecule has 0 aliphatic heterocycles. The Morgan fingerprint density at radius 3 is 2.63 bits per heavy atom. The zero-order chi connectivity index (χ0) is 13.7. The van der Waals surface area contributed by atoms with E-state index in [2.05, 4.69) is 22.2 Å². The quantitative estimate of drug-likeness (QED) is 0.887. The number of nitrogens with one attached hydrogen (secondary N) is 1. The summed E-state index contributed by atoms with van der Waals surface area (Å²) in [4.78, 5) is 8.50. The van der Waals surface area contributed by atoms with Crippen LogP contribution in [-0.2, 0) is 0 Å². The van der Waals surface area contributed by atoms with E-state index in [9.17, 15) is 0 Å². The van der Waals surface area contributed by atoms with Crippen molar-refractivity contribution in [2.75, 3.05) is 14.2 Å². The molecule has 0 amide bonds. The minimum absolute atomic E-state index is 0.315. The van der Waals surface area contributed by atoms with Gasteiger partial charge in [-0.15, -0.1) is 0 Å². The highest BCUT2D eigenvalue weighted by Gasteiger charge is 2.28. The Balaban J connectivity index is 2.07. The first-order valence-electron chi connectivity index (χ1n) is 7.31. The number of hydrogen-bond acceptors (Lipinski definition) is 4. The van der Waals surface area contributed by atoms with Gasteiger partial charge in [-0.1, -0.05) is 26.2 Å². The molecule has 1 fully saturated rings. The molecule has 2 rings (SSSR count). The van der Waals surface area contributed by atoms with Crippen LogP contribution in [0.1, 0.15) is 50.8 Å². The van der Waals surface area contributed by atoms with E-state index in [1.807, 2.05) is 13.1 Å². The molecule has 1 saturated carbocycles. The van der Waals surface area contributed by atoms with Crippen molar-refractivity contribution in [2.24, 2.45) is 11.8 Å². The average Bonchev–Trinajstić information content (AvgIpc) is 2.49. The smallest absolute Gasteiger partial charge is 0.216 e. The molecular weight excluding hydrogens is 238 g/mol. The van der Waals surface area contributed by atoms with Crippen molar-refractivity contribution in [1.29, 1.82) is 0 Å². The molecule has 0 spiro atoms. The van der Waals surface area contributed by atoms with Gasteiger partial charge in [-0.25, -0.2) is 9.97 Å². The van der Waals surface area contributed by atoms with E-state index < -0.39 is 0 Å². The van der Waals surface area contributed by atoms with Gasteiger partial charge in [0.1, 0.15) is 6.33 Å². The molecule has 0 aromatic carbocycles. The third-order valence-electron chi connectivity index (χ3n) is 4.44. The van der Waals surface area contributed by atoms with Crippen LogP contribution >= 0.6 is 0 Å². The van der Waals surface area contributed by atoms with Crippen LogP contribution in [0.4, 0.5) is 0 Å². The third kappa shape index (κ3) is 3.44. The van der Waals surface area contributed by atoms with Gasteiger partial charge in [0.15, 0.2) is 0 Å². The normalized spacial score (nSPS) is 25.0. The van der Waals surface area contributed by atoms with Crippen LogP contribution in [0.2, 0.25) is 0 Å². The highest BCUT2D eigenvalue weighted by molar-refractivity contribution is 5.17. The lowest BCUT2D eigenvalue weighted by atomic mass is 9.77. The van der Waals surface area contributed by atoms with Gasteiger partial charge in [0.05, 0.1) is 18.8 Å². The van der Waals surface area contributed by atoms with Gasteiger partial charge in [0.2, 0.25) is 5.88 Å². The first-order valence-corrected chi connectivity index (χ1v) is 7.31. The van der Waals surface area contributed by atoms with Gasteiger partial charge in [-0.05, 0) is 31.7 Å². The van der Waals surface area contributed by atoms with Gasteiger partial charge in [-0.3, -0.25) is 0 Å². The van der Waals surface area contributed by atoms with Crippen LogP contribution in [0.25, 0.3) is 0 Å². The molecule has 1 atom stereocenters. The van der Waals surface area contributed by atoms with Crippen molar-refractivity contribution >= 4 is 0 Å². The summed E-state index contributed by atoms with van der Waals surface area (Å²) in [5.41, 5.74) is 1.05. The molecule has 1 aliphatic carbocycles. The second-order valence-corrected chi connectivity index (χ2v) is 5.44. The maximum atomic E-state index is 5.19. The first-order chi connectivity index (χ1) is 9.28. The van der Waals surface area contributed by atoms with Crippen LogP contribution in [0.3, 0.4) is 0 Å². The number of ether oxygens (including phenoxy) is 1. The largest absolute Gasteiger partial charge is 0.481 e. The van der Waals surface area contributed by atoms with Crippen LogP contribution in [-0.4, -0.2) is 24.1 Å². The van der Waals surface area contributed by atoms with Crippen molar-refractivity contribution in [3.8, 4) is 5.88 Å². The molecule has 0 radical (unpaired) electrons. The summed E-state index contributed by atoms with van der Waals surface area (Å²) < 4.78 is 5.19. The van der Waals surface area contributed by atoms with Crippen molar-refractivity contribution in [3.63, 3.8) is 0 Å². The number of hydrogen-bond donors (Lipinski definition) is 1. The second-order valence-electron chi connectivity index (χ2n) is 5.44. The molecule has 4 nitrogen and oxygen atoms in total. The van der Waals surface area contributed by atoms with E-state index in [1.54, 1.807) is 13.4 Å². The van der Waals surface area contributed by atoms with E-state index in [1.165, 1.54) is 32.1 Å². The number of nitrogens with zero attached hydrogens (tertiary/aromatic N) is 2. The van der Waals surface area contributed by atoms with Crippen LogP contribution < -0.4 is 10.1 Å². The van der Waals surface area contributed by atoms with E-state index >= 15 is 0 Å². The second kappa shape index (κ2) is 6.85. The zero-order valence-corrected chi connectivity index (χ0v) is 12.2. The molecule has 106 valence electrons. The summed E-state index contributed by atoms with van der Waals surface area (Å²) in [6, 6.07) is 2.27. The van der Waals surface area contributed by atoms with Crippen LogP contribution in [0.15, 0.2) is 12.4 Å². The van der Waals surface area contributed by atoms with Gasteiger partial charge in [-0.2, -0.15) is 0 Å². The maximum Gasteiger partial charge on any atom is 0.216 e. The lowest BCUT2D eigenvalue weighted by Crippen LogP contribution is -2.29. The van der Waals surface area contributed by atoms with Gasteiger partial charge >= 0.3 is 0 Å². The fourth-order valence-corrected chi connectivity index (χ4v) is 3.19. The average molecular weight is 263 g/mol. The van der Waals surface area contributed by atoms with Gasteiger partial charge in [0.25, 0.3) is 0 Å². The van der Waals surface area contributed by atoms with E-state index in [4.69, 9.17) is 4.74 Å². The highest BCUT2D eigenvalue weighted by Crippen LogP contribution is 2.37. The van der Waals surface area contributed by atoms with Crippen LogP contribution in [0, 0.1) is 11.8 Å². The fourth-order valence-electron chi connectivity index (χ4n) is 3.19. The summed E-state index contributed by atoms with van der Waals surface area (Å²) in [6.45, 7) is 2.30. The van der Waals surface area contributed by atoms with Crippen molar-refractivity contribution in [1.82, 2.24) is 15.3 Å². The lowest BCUT2D eigenvalue weighted by Gasteiger charge is -2.33. The van der Waals surface area contributed by atoms with E-state index in [-0.39, 0.29) is 0 Å². The first kappa shape index (κ1) is 14.3. The predicted octanol–water partition coefficient (Wildman–Crippen LogP) is 2.96. The Hall–Kier alpha value is -1.16. The zero-order valence-electron chi connectivity index (χ0n) is 12.2. The molecule has 1 aromatic heterocycles. The third-order valence-corrected chi connectivity index (χ3v) is 4.44. The summed E-state index contributed by atoms with van der Waals surface area (Å²) >= 11 is 0. The Bertz CT molecular complexity index is 389. The Labute approximate surface area is 116 Å². The standard InChI is InChI=1S/C15H25N3O/c1-4-11-5-7-12(8-6-11)15(16-2)13-9-14(19-3)18-10-17-13/h9-12,15-16H,4-8H2,1-3H3. The number of aromatic nitrogens is 2. The molecule has 1 aliphatic rings. The molecule has 1 heterocycles. The minimum atomic E-state index is 0.315. The molecular formula is C15H25N3O. The van der Waals surface area contributed by atoms with Gasteiger partial charge < -0.3 is 10.1 Å². The Kier molecular flexibility index (Phi) is 5.14. The molecule has 19 heavy (non-hydrogen) atoms. The summed E-state index contributed by atoms with van der Waals surface area (Å²) in [5.74, 6) is 2.24. The van der Waals surface area contributed by atoms with Crippen molar-refractivity contribution in [3.05, 3.63) is 18.1 Å². The topological polar surface area (TPSA) is 47.0 Å². The van der Waals surface area contributed by atoms with Crippen molar-refractivity contribution in [2.45, 2.75) is 45.1 Å². The minimum Gasteiger partial charge on any atom is -0.481 e.